The first-order chi connectivity index (χ1) is 10.5. The predicted molar refractivity (Wildman–Crippen MR) is 91.7 cm³/mol. The third kappa shape index (κ3) is 3.30. The van der Waals surface area contributed by atoms with E-state index in [0.29, 0.717) is 0 Å². The van der Waals surface area contributed by atoms with Gasteiger partial charge >= 0.3 is 0 Å². The van der Waals surface area contributed by atoms with E-state index in [1.54, 1.807) is 0 Å². The van der Waals surface area contributed by atoms with Gasteiger partial charge in [-0.2, -0.15) is 5.10 Å². The average molecular weight is 299 g/mol. The molecule has 118 valence electrons. The van der Waals surface area contributed by atoms with Crippen LogP contribution in [0.25, 0.3) is 11.1 Å². The zero-order valence-corrected chi connectivity index (χ0v) is 14.1. The number of imidazole rings is 1. The number of nitrogens with zero attached hydrogens (tertiary/aromatic N) is 3. The molecule has 0 aliphatic carbocycles. The first-order valence-corrected chi connectivity index (χ1v) is 7.66. The number of allylic oxidation sites excluding steroid dienone is 1. The van der Waals surface area contributed by atoms with E-state index in [-0.39, 0.29) is 0 Å². The Morgan fingerprint density at radius 2 is 2.05 bits per heavy atom. The molecule has 0 spiro atoms. The zero-order valence-electron chi connectivity index (χ0n) is 14.1. The largest absolute Gasteiger partial charge is 0.330 e. The highest BCUT2D eigenvalue weighted by Gasteiger charge is 2.09. The molecule has 0 atom stereocenters. The van der Waals surface area contributed by atoms with Crippen LogP contribution in [0.5, 0.6) is 0 Å². The molecule has 22 heavy (non-hydrogen) atoms. The maximum atomic E-state index is 4.71. The Kier molecular flexibility index (Phi) is 4.85. The quantitative estimate of drug-likeness (QED) is 0.890. The molecule has 0 aromatic carbocycles. The third-order valence-electron chi connectivity index (χ3n) is 3.68. The Morgan fingerprint density at radius 3 is 2.55 bits per heavy atom. The number of aromatic amines is 1. The Labute approximate surface area is 131 Å². The highest BCUT2D eigenvalue weighted by atomic mass is 15.2. The summed E-state index contributed by atoms with van der Waals surface area (Å²) in [6.45, 7) is 12.2. The topological polar surface area (TPSA) is 58.5 Å². The van der Waals surface area contributed by atoms with Crippen molar-refractivity contribution in [1.29, 1.82) is 0 Å². The summed E-state index contributed by atoms with van der Waals surface area (Å²) in [4.78, 5) is 8.12. The lowest BCUT2D eigenvalue weighted by Gasteiger charge is -2.00. The van der Waals surface area contributed by atoms with E-state index >= 15 is 0 Å². The van der Waals surface area contributed by atoms with Crippen molar-refractivity contribution in [3.63, 3.8) is 0 Å². The molecule has 2 heterocycles. The van der Waals surface area contributed by atoms with Gasteiger partial charge in [-0.3, -0.25) is 4.68 Å². The molecule has 2 aromatic heterocycles. The number of hydrogen-bond donors (Lipinski definition) is 2. The number of hydrogen-bond acceptors (Lipinski definition) is 3. The summed E-state index contributed by atoms with van der Waals surface area (Å²) in [5, 5.41) is 9.55. The monoisotopic (exact) mass is 299 g/mol. The molecule has 2 rings (SSSR count). The van der Waals surface area contributed by atoms with Crippen LogP contribution < -0.4 is 16.0 Å². The molecule has 2 aromatic rings. The number of H-pyrrole nitrogens is 1. The molecule has 0 saturated carbocycles. The minimum Gasteiger partial charge on any atom is -0.330 e. The number of aryl methyl sites for hydroxylation is 1. The fourth-order valence-corrected chi connectivity index (χ4v) is 2.43. The zero-order chi connectivity index (χ0) is 16.3. The van der Waals surface area contributed by atoms with Gasteiger partial charge in [-0.15, -0.1) is 0 Å². The van der Waals surface area contributed by atoms with Crippen molar-refractivity contribution < 1.29 is 0 Å². The van der Waals surface area contributed by atoms with Crippen LogP contribution in [-0.2, 0) is 7.05 Å². The number of anilines is 1. The molecule has 2 N–H and O–H groups in total. The summed E-state index contributed by atoms with van der Waals surface area (Å²) in [6, 6.07) is 0. The van der Waals surface area contributed by atoms with Gasteiger partial charge in [-0.1, -0.05) is 20.4 Å². The molecule has 0 aliphatic heterocycles. The van der Waals surface area contributed by atoms with Crippen molar-refractivity contribution in [2.24, 2.45) is 7.05 Å². The Balaban J connectivity index is 2.78. The van der Waals surface area contributed by atoms with Gasteiger partial charge in [0.05, 0.1) is 16.9 Å². The van der Waals surface area contributed by atoms with Crippen LogP contribution in [0.4, 0.5) is 5.95 Å². The lowest BCUT2D eigenvalue weighted by atomic mass is 10.1. The van der Waals surface area contributed by atoms with Crippen LogP contribution >= 0.6 is 0 Å². The summed E-state index contributed by atoms with van der Waals surface area (Å²) < 4.78 is 1.82. The molecular formula is C17H25N5. The second kappa shape index (κ2) is 6.64. The smallest absolute Gasteiger partial charge is 0.205 e. The van der Waals surface area contributed by atoms with Gasteiger partial charge in [-0.25, -0.2) is 4.98 Å². The van der Waals surface area contributed by atoms with Gasteiger partial charge in [0.2, 0.25) is 5.95 Å². The lowest BCUT2D eigenvalue weighted by molar-refractivity contribution is 0.767. The molecule has 5 heteroatoms. The number of aromatic nitrogens is 4. The van der Waals surface area contributed by atoms with Gasteiger partial charge in [-0.05, 0) is 37.8 Å². The summed E-state index contributed by atoms with van der Waals surface area (Å²) in [6.07, 6.45) is 5.81. The van der Waals surface area contributed by atoms with E-state index in [2.05, 4.69) is 42.7 Å². The van der Waals surface area contributed by atoms with Gasteiger partial charge in [0, 0.05) is 24.5 Å². The Bertz CT molecular complexity index is 791. The predicted octanol–water partition coefficient (Wildman–Crippen LogP) is 2.28. The van der Waals surface area contributed by atoms with Gasteiger partial charge in [0.1, 0.15) is 0 Å². The fourth-order valence-electron chi connectivity index (χ4n) is 2.43. The van der Waals surface area contributed by atoms with Crippen molar-refractivity contribution in [3.8, 4) is 0 Å². The molecular weight excluding hydrogens is 274 g/mol. The molecule has 0 radical (unpaired) electrons. The second-order valence-electron chi connectivity index (χ2n) is 5.58. The van der Waals surface area contributed by atoms with Crippen molar-refractivity contribution >= 4 is 17.1 Å². The van der Waals surface area contributed by atoms with Crippen LogP contribution in [0.2, 0.25) is 0 Å². The van der Waals surface area contributed by atoms with E-state index in [1.165, 1.54) is 11.1 Å². The molecule has 0 bridgehead atoms. The highest BCUT2D eigenvalue weighted by Crippen LogP contribution is 2.13. The molecule has 0 unspecified atom stereocenters. The third-order valence-corrected chi connectivity index (χ3v) is 3.68. The van der Waals surface area contributed by atoms with Gasteiger partial charge in [0.25, 0.3) is 0 Å². The van der Waals surface area contributed by atoms with Crippen LogP contribution in [-0.4, -0.2) is 19.7 Å². The maximum absolute atomic E-state index is 4.71. The van der Waals surface area contributed by atoms with Crippen LogP contribution in [0.15, 0.2) is 24.7 Å². The number of rotatable bonds is 5. The van der Waals surface area contributed by atoms with Crippen molar-refractivity contribution in [2.75, 3.05) is 5.32 Å². The van der Waals surface area contributed by atoms with Crippen LogP contribution in [0, 0.1) is 0 Å². The molecule has 0 aliphatic rings. The fraction of sp³-hybridized carbons (Fsp3) is 0.412. The molecule has 0 fully saturated rings. The number of nitrogens with one attached hydrogen (secondary N) is 2. The molecule has 0 saturated heterocycles. The lowest BCUT2D eigenvalue weighted by Crippen LogP contribution is -2.29. The second-order valence-corrected chi connectivity index (χ2v) is 5.58. The standard InChI is InChI=1S/C17H25N5/c1-7-12(5)15-16(21-17(20-15)19-11(3)4)14(8-2)13-9-18-22(6)10-13/h9-10H,3,7-8H2,1-2,4-6H3,(H2,19,20,21)/b15-12-,16-14-. The van der Waals surface area contributed by atoms with Crippen LogP contribution in [0.3, 0.4) is 0 Å². The summed E-state index contributed by atoms with van der Waals surface area (Å²) in [7, 11) is 1.93. The minimum absolute atomic E-state index is 0.736. The first-order valence-electron chi connectivity index (χ1n) is 7.66. The average Bonchev–Trinajstić information content (AvgIpc) is 3.06. The summed E-state index contributed by atoms with van der Waals surface area (Å²) in [5.74, 6) is 0.736. The highest BCUT2D eigenvalue weighted by molar-refractivity contribution is 5.64. The van der Waals surface area contributed by atoms with Crippen LogP contribution in [0.1, 0.15) is 46.1 Å². The van der Waals surface area contributed by atoms with E-state index in [0.717, 1.165) is 40.7 Å². The normalized spacial score (nSPS) is 13.9. The van der Waals surface area contributed by atoms with E-state index in [4.69, 9.17) is 4.98 Å². The van der Waals surface area contributed by atoms with Gasteiger partial charge in [0.15, 0.2) is 0 Å². The van der Waals surface area contributed by atoms with E-state index in [1.807, 2.05) is 31.0 Å². The molecule has 0 amide bonds. The maximum Gasteiger partial charge on any atom is 0.205 e. The van der Waals surface area contributed by atoms with E-state index in [9.17, 15) is 0 Å². The SMILES string of the molecule is C=C(C)Nc1nc(=C(/C)CC)/c(=C(\CC)c2cnn(C)c2)[nH]1. The van der Waals surface area contributed by atoms with E-state index < -0.39 is 0 Å². The Hall–Kier alpha value is -2.30. The summed E-state index contributed by atoms with van der Waals surface area (Å²) in [5.41, 5.74) is 4.47. The summed E-state index contributed by atoms with van der Waals surface area (Å²) >= 11 is 0. The molecule has 5 nitrogen and oxygen atoms in total. The van der Waals surface area contributed by atoms with Gasteiger partial charge < -0.3 is 10.3 Å². The Morgan fingerprint density at radius 1 is 1.32 bits per heavy atom. The van der Waals surface area contributed by atoms with Crippen molar-refractivity contribution in [1.82, 2.24) is 19.7 Å². The van der Waals surface area contributed by atoms with Crippen molar-refractivity contribution in [3.05, 3.63) is 40.9 Å². The first kappa shape index (κ1) is 16.1. The minimum atomic E-state index is 0.736. The van der Waals surface area contributed by atoms with Crippen molar-refractivity contribution in [2.45, 2.75) is 40.5 Å².